The van der Waals surface area contributed by atoms with Crippen LogP contribution in [0.1, 0.15) is 36.5 Å². The van der Waals surface area contributed by atoms with Crippen LogP contribution in [0.15, 0.2) is 72.8 Å². The molecular weight excluding hydrogens is 480 g/mol. The van der Waals surface area contributed by atoms with Gasteiger partial charge in [0.1, 0.15) is 23.3 Å². The lowest BCUT2D eigenvalue weighted by Gasteiger charge is -2.32. The van der Waals surface area contributed by atoms with Crippen LogP contribution in [0.4, 0.5) is 0 Å². The lowest BCUT2D eigenvalue weighted by Crippen LogP contribution is -2.52. The second-order valence-electron chi connectivity index (χ2n) is 9.14. The zero-order valence-corrected chi connectivity index (χ0v) is 22.7. The summed E-state index contributed by atoms with van der Waals surface area (Å²) in [7, 11) is 3.11. The van der Waals surface area contributed by atoms with Gasteiger partial charge in [-0.05, 0) is 30.0 Å². The average Bonchev–Trinajstić information content (AvgIpc) is 2.94. The second kappa shape index (κ2) is 14.7. The molecule has 0 aliphatic carbocycles. The van der Waals surface area contributed by atoms with E-state index in [9.17, 15) is 9.59 Å². The standard InChI is InChI=1S/C31H38N2O5/c1-5-6-16-32-31(35)29(17-24-13-8-7-9-14-24)33(21-25-15-11-10-12-23(25)2)30(34)22-38-28-19-26(36-3)18-27(20-28)37-4/h7-15,18-20,29H,5-6,16-17,21-22H2,1-4H3,(H,32,35)/t29-/m0/s1. The molecule has 0 saturated carbocycles. The van der Waals surface area contributed by atoms with Crippen molar-refractivity contribution < 1.29 is 23.8 Å². The molecule has 0 spiro atoms. The average molecular weight is 519 g/mol. The normalized spacial score (nSPS) is 11.4. The topological polar surface area (TPSA) is 77.1 Å². The van der Waals surface area contributed by atoms with Gasteiger partial charge in [0.25, 0.3) is 5.91 Å². The maximum absolute atomic E-state index is 13.8. The molecule has 202 valence electrons. The quantitative estimate of drug-likeness (QED) is 0.306. The largest absolute Gasteiger partial charge is 0.496 e. The molecule has 3 rings (SSSR count). The number of aryl methyl sites for hydroxylation is 1. The Morgan fingerprint density at radius 2 is 1.53 bits per heavy atom. The van der Waals surface area contributed by atoms with Crippen LogP contribution >= 0.6 is 0 Å². The highest BCUT2D eigenvalue weighted by molar-refractivity contribution is 5.88. The van der Waals surface area contributed by atoms with Gasteiger partial charge in [0, 0.05) is 37.7 Å². The Balaban J connectivity index is 1.91. The molecule has 0 fully saturated rings. The molecule has 7 heteroatoms. The highest BCUT2D eigenvalue weighted by atomic mass is 16.5. The van der Waals surface area contributed by atoms with Gasteiger partial charge in [-0.3, -0.25) is 9.59 Å². The number of nitrogens with one attached hydrogen (secondary N) is 1. The van der Waals surface area contributed by atoms with E-state index < -0.39 is 6.04 Å². The summed E-state index contributed by atoms with van der Waals surface area (Å²) in [6.45, 7) is 4.69. The number of methoxy groups -OCH3 is 2. The fourth-order valence-corrected chi connectivity index (χ4v) is 4.12. The van der Waals surface area contributed by atoms with Gasteiger partial charge in [0.15, 0.2) is 6.61 Å². The summed E-state index contributed by atoms with van der Waals surface area (Å²) >= 11 is 0. The lowest BCUT2D eigenvalue weighted by atomic mass is 10.0. The van der Waals surface area contributed by atoms with Crippen molar-refractivity contribution in [2.24, 2.45) is 0 Å². The molecule has 2 amide bonds. The summed E-state index contributed by atoms with van der Waals surface area (Å²) in [5, 5.41) is 3.04. The van der Waals surface area contributed by atoms with E-state index in [2.05, 4.69) is 12.2 Å². The Hall–Kier alpha value is -4.00. The van der Waals surface area contributed by atoms with Crippen molar-refractivity contribution in [2.75, 3.05) is 27.4 Å². The highest BCUT2D eigenvalue weighted by Gasteiger charge is 2.31. The van der Waals surface area contributed by atoms with E-state index in [1.165, 1.54) is 0 Å². The number of rotatable bonds is 14. The SMILES string of the molecule is CCCCNC(=O)[C@H](Cc1ccccc1)N(Cc1ccccc1C)C(=O)COc1cc(OC)cc(OC)c1. The van der Waals surface area contributed by atoms with Crippen molar-refractivity contribution in [3.63, 3.8) is 0 Å². The number of hydrogen-bond acceptors (Lipinski definition) is 5. The molecular formula is C31H38N2O5. The van der Waals surface area contributed by atoms with E-state index >= 15 is 0 Å². The molecule has 7 nitrogen and oxygen atoms in total. The molecule has 0 bridgehead atoms. The zero-order chi connectivity index (χ0) is 27.3. The summed E-state index contributed by atoms with van der Waals surface area (Å²) in [6, 6.07) is 22.1. The third-order valence-electron chi connectivity index (χ3n) is 6.39. The summed E-state index contributed by atoms with van der Waals surface area (Å²) in [5.41, 5.74) is 3.00. The molecule has 0 saturated heterocycles. The Bertz CT molecular complexity index is 1160. The van der Waals surface area contributed by atoms with Gasteiger partial charge < -0.3 is 24.4 Å². The molecule has 0 aliphatic heterocycles. The van der Waals surface area contributed by atoms with Crippen LogP contribution in [0.5, 0.6) is 17.2 Å². The number of carbonyl (C=O) groups excluding carboxylic acids is 2. The summed E-state index contributed by atoms with van der Waals surface area (Å²) in [6.07, 6.45) is 2.23. The Kier molecular flexibility index (Phi) is 11.0. The predicted octanol–water partition coefficient (Wildman–Crippen LogP) is 4.95. The van der Waals surface area contributed by atoms with Gasteiger partial charge in [-0.1, -0.05) is 67.9 Å². The van der Waals surface area contributed by atoms with E-state index in [0.717, 1.165) is 29.5 Å². The van der Waals surface area contributed by atoms with Crippen molar-refractivity contribution in [3.05, 3.63) is 89.5 Å². The first-order valence-electron chi connectivity index (χ1n) is 13.0. The molecule has 3 aromatic carbocycles. The van der Waals surface area contributed by atoms with Crippen LogP contribution in [0, 0.1) is 6.92 Å². The maximum atomic E-state index is 13.8. The summed E-state index contributed by atoms with van der Waals surface area (Å²) in [5.74, 6) is 1.09. The second-order valence-corrected chi connectivity index (χ2v) is 9.14. The van der Waals surface area contributed by atoms with Crippen LogP contribution in [0.25, 0.3) is 0 Å². The monoisotopic (exact) mass is 518 g/mol. The minimum atomic E-state index is -0.704. The minimum absolute atomic E-state index is 0.174. The zero-order valence-electron chi connectivity index (χ0n) is 22.7. The number of nitrogens with zero attached hydrogens (tertiary/aromatic N) is 1. The first-order chi connectivity index (χ1) is 18.4. The van der Waals surface area contributed by atoms with Crippen LogP contribution in [-0.4, -0.2) is 50.1 Å². The van der Waals surface area contributed by atoms with Crippen molar-refractivity contribution in [1.29, 1.82) is 0 Å². The summed E-state index contributed by atoms with van der Waals surface area (Å²) in [4.78, 5) is 28.9. The van der Waals surface area contributed by atoms with Gasteiger partial charge in [0.05, 0.1) is 14.2 Å². The van der Waals surface area contributed by atoms with E-state index in [4.69, 9.17) is 14.2 Å². The number of amides is 2. The van der Waals surface area contributed by atoms with Crippen LogP contribution in [0.3, 0.4) is 0 Å². The van der Waals surface area contributed by atoms with Crippen LogP contribution in [-0.2, 0) is 22.6 Å². The number of unbranched alkanes of at least 4 members (excludes halogenated alkanes) is 1. The molecule has 0 heterocycles. The fraction of sp³-hybridized carbons (Fsp3) is 0.355. The van der Waals surface area contributed by atoms with Gasteiger partial charge in [-0.15, -0.1) is 0 Å². The molecule has 1 atom stereocenters. The third kappa shape index (κ3) is 8.26. The Labute approximate surface area is 225 Å². The number of benzene rings is 3. The molecule has 0 aromatic heterocycles. The summed E-state index contributed by atoms with van der Waals surface area (Å²) < 4.78 is 16.5. The molecule has 3 aromatic rings. The number of hydrogen-bond donors (Lipinski definition) is 1. The smallest absolute Gasteiger partial charge is 0.261 e. The van der Waals surface area contributed by atoms with E-state index in [1.54, 1.807) is 37.3 Å². The lowest BCUT2D eigenvalue weighted by molar-refractivity contribution is -0.142. The highest BCUT2D eigenvalue weighted by Crippen LogP contribution is 2.27. The third-order valence-corrected chi connectivity index (χ3v) is 6.39. The predicted molar refractivity (Wildman–Crippen MR) is 149 cm³/mol. The molecule has 1 N–H and O–H groups in total. The van der Waals surface area contributed by atoms with Crippen molar-refractivity contribution in [1.82, 2.24) is 10.2 Å². The Morgan fingerprint density at radius 3 is 2.16 bits per heavy atom. The molecule has 38 heavy (non-hydrogen) atoms. The maximum Gasteiger partial charge on any atom is 0.261 e. The van der Waals surface area contributed by atoms with E-state index in [-0.39, 0.29) is 25.0 Å². The van der Waals surface area contributed by atoms with Crippen LogP contribution < -0.4 is 19.5 Å². The fourth-order valence-electron chi connectivity index (χ4n) is 4.12. The van der Waals surface area contributed by atoms with E-state index in [1.807, 2.05) is 61.5 Å². The first kappa shape index (κ1) is 28.6. The van der Waals surface area contributed by atoms with Gasteiger partial charge in [0.2, 0.25) is 5.91 Å². The van der Waals surface area contributed by atoms with Crippen molar-refractivity contribution in [2.45, 2.75) is 45.7 Å². The Morgan fingerprint density at radius 1 is 0.895 bits per heavy atom. The molecule has 0 unspecified atom stereocenters. The van der Waals surface area contributed by atoms with E-state index in [0.29, 0.717) is 30.2 Å². The number of ether oxygens (including phenoxy) is 3. The van der Waals surface area contributed by atoms with Gasteiger partial charge >= 0.3 is 0 Å². The molecule has 0 aliphatic rings. The van der Waals surface area contributed by atoms with Crippen molar-refractivity contribution >= 4 is 11.8 Å². The van der Waals surface area contributed by atoms with Crippen molar-refractivity contribution in [3.8, 4) is 17.2 Å². The minimum Gasteiger partial charge on any atom is -0.496 e. The molecule has 0 radical (unpaired) electrons. The van der Waals surface area contributed by atoms with Gasteiger partial charge in [-0.25, -0.2) is 0 Å². The van der Waals surface area contributed by atoms with Gasteiger partial charge in [-0.2, -0.15) is 0 Å². The first-order valence-corrected chi connectivity index (χ1v) is 13.0. The van der Waals surface area contributed by atoms with Crippen LogP contribution in [0.2, 0.25) is 0 Å². The number of carbonyl (C=O) groups is 2.